The molecule has 2 aromatic carbocycles. The molecule has 0 aromatic heterocycles. The maximum atomic E-state index is 12.0. The number of ether oxygens (including phenoxy) is 1. The van der Waals surface area contributed by atoms with Crippen molar-refractivity contribution in [3.05, 3.63) is 72.3 Å². The zero-order valence-corrected chi connectivity index (χ0v) is 15.8. The van der Waals surface area contributed by atoms with Crippen LogP contribution in [0.15, 0.2) is 47.6 Å². The number of nitro groups is 1. The summed E-state index contributed by atoms with van der Waals surface area (Å²) >= 11 is 8.33. The van der Waals surface area contributed by atoms with Crippen molar-refractivity contribution < 1.29 is 14.5 Å². The number of hydrogen-bond donors (Lipinski definition) is 0. The molecule has 0 saturated heterocycles. The summed E-state index contributed by atoms with van der Waals surface area (Å²) in [7, 11) is 0. The highest BCUT2D eigenvalue weighted by Gasteiger charge is 2.35. The molecule has 7 nitrogen and oxygen atoms in total. The van der Waals surface area contributed by atoms with Gasteiger partial charge < -0.3 is 4.74 Å². The third-order valence-corrected chi connectivity index (χ3v) is 4.51. The third kappa shape index (κ3) is 3.59. The van der Waals surface area contributed by atoms with Crippen molar-refractivity contribution in [2.45, 2.75) is 13.2 Å². The first-order valence-electron chi connectivity index (χ1n) is 7.11. The fourth-order valence-corrected chi connectivity index (χ4v) is 3.10. The lowest BCUT2D eigenvalue weighted by molar-refractivity contribution is -0.385. The van der Waals surface area contributed by atoms with Gasteiger partial charge in [0, 0.05) is 38.8 Å². The maximum Gasteiger partial charge on any atom is 0.270 e. The van der Waals surface area contributed by atoms with Crippen LogP contribution >= 0.6 is 34.2 Å². The Morgan fingerprint density at radius 2 is 2.12 bits per heavy atom. The van der Waals surface area contributed by atoms with Gasteiger partial charge in [0.25, 0.3) is 5.69 Å². The highest BCUT2D eigenvalue weighted by molar-refractivity contribution is 14.1. The van der Waals surface area contributed by atoms with E-state index in [2.05, 4.69) is 27.7 Å². The molecule has 2 aromatic rings. The van der Waals surface area contributed by atoms with Crippen molar-refractivity contribution in [3.8, 4) is 0 Å². The van der Waals surface area contributed by atoms with Crippen LogP contribution in [0.5, 0.6) is 0 Å². The number of rotatable bonds is 3. The molecule has 128 valence electrons. The van der Waals surface area contributed by atoms with Gasteiger partial charge in [-0.3, -0.25) is 14.9 Å². The van der Waals surface area contributed by atoms with Crippen molar-refractivity contribution in [1.82, 2.24) is 5.01 Å². The molecule has 0 N–H and O–H groups in total. The first-order valence-corrected chi connectivity index (χ1v) is 8.57. The van der Waals surface area contributed by atoms with E-state index in [-0.39, 0.29) is 22.5 Å². The minimum atomic E-state index is -0.960. The van der Waals surface area contributed by atoms with Crippen LogP contribution in [0.1, 0.15) is 24.3 Å². The van der Waals surface area contributed by atoms with Gasteiger partial charge >= 0.3 is 0 Å². The van der Waals surface area contributed by atoms with Crippen LogP contribution in [0.3, 0.4) is 0 Å². The fourth-order valence-electron chi connectivity index (χ4n) is 2.34. The van der Waals surface area contributed by atoms with Crippen LogP contribution in [0, 0.1) is 13.7 Å². The molecule has 1 amide bonds. The number of carbonyl (C=O) groups is 1. The van der Waals surface area contributed by atoms with E-state index >= 15 is 0 Å². The predicted molar refractivity (Wildman–Crippen MR) is 100 cm³/mol. The van der Waals surface area contributed by atoms with E-state index in [1.165, 1.54) is 25.1 Å². The van der Waals surface area contributed by atoms with Crippen molar-refractivity contribution in [1.29, 1.82) is 0 Å². The topological polar surface area (TPSA) is 85.0 Å². The number of non-ortho nitro benzene ring substituents is 1. The summed E-state index contributed by atoms with van der Waals surface area (Å²) in [6.07, 6.45) is -0.960. The molecule has 0 aliphatic carbocycles. The average molecular weight is 472 g/mol. The van der Waals surface area contributed by atoms with E-state index in [0.717, 1.165) is 8.58 Å². The zero-order valence-electron chi connectivity index (χ0n) is 12.8. The molecule has 0 fully saturated rings. The number of hydrazone groups is 1. The maximum absolute atomic E-state index is 12.0. The average Bonchev–Trinajstić information content (AvgIpc) is 3.00. The molecular formula is C16H11ClIN3O4. The van der Waals surface area contributed by atoms with Crippen LogP contribution < -0.4 is 0 Å². The lowest BCUT2D eigenvalue weighted by Crippen LogP contribution is -2.25. The summed E-state index contributed by atoms with van der Waals surface area (Å²) in [5, 5.41) is 16.6. The fraction of sp³-hybridized carbons (Fsp3) is 0.125. The summed E-state index contributed by atoms with van der Waals surface area (Å²) in [6.45, 7) is 1.34. The molecule has 1 aliphatic rings. The molecule has 0 radical (unpaired) electrons. The van der Waals surface area contributed by atoms with Gasteiger partial charge in [-0.25, -0.2) is 0 Å². The lowest BCUT2D eigenvalue weighted by atomic mass is 10.1. The van der Waals surface area contributed by atoms with Crippen LogP contribution in [0.2, 0.25) is 5.02 Å². The quantitative estimate of drug-likeness (QED) is 0.383. The van der Waals surface area contributed by atoms with Gasteiger partial charge in [0.05, 0.1) is 4.92 Å². The second kappa shape index (κ2) is 6.96. The zero-order chi connectivity index (χ0) is 18.1. The van der Waals surface area contributed by atoms with E-state index in [9.17, 15) is 14.9 Å². The Bertz CT molecular complexity index is 903. The van der Waals surface area contributed by atoms with Gasteiger partial charge in [0.1, 0.15) is 0 Å². The Balaban J connectivity index is 2.02. The summed E-state index contributed by atoms with van der Waals surface area (Å²) in [6, 6.07) is 11.4. The number of nitro benzene ring substituents is 1. The van der Waals surface area contributed by atoms with Gasteiger partial charge in [-0.2, -0.15) is 5.01 Å². The van der Waals surface area contributed by atoms with Crippen LogP contribution in [0.4, 0.5) is 5.69 Å². The van der Waals surface area contributed by atoms with E-state index in [4.69, 9.17) is 16.3 Å². The molecular weight excluding hydrogens is 461 g/mol. The van der Waals surface area contributed by atoms with Gasteiger partial charge in [0.2, 0.25) is 18.0 Å². The van der Waals surface area contributed by atoms with E-state index in [0.29, 0.717) is 11.1 Å². The van der Waals surface area contributed by atoms with Gasteiger partial charge in [0.15, 0.2) is 0 Å². The molecule has 1 atom stereocenters. The normalized spacial score (nSPS) is 16.4. The molecule has 1 aliphatic heterocycles. The van der Waals surface area contributed by atoms with Crippen LogP contribution in [-0.2, 0) is 9.53 Å². The first-order chi connectivity index (χ1) is 11.9. The second-order valence-corrected chi connectivity index (χ2v) is 6.87. The lowest BCUT2D eigenvalue weighted by Gasteiger charge is -2.20. The Labute approximate surface area is 161 Å². The van der Waals surface area contributed by atoms with Crippen molar-refractivity contribution in [2.24, 2.45) is 5.10 Å². The largest absolute Gasteiger partial charge is 0.446 e. The number of halogens is 2. The highest BCUT2D eigenvalue weighted by Crippen LogP contribution is 2.36. The Morgan fingerprint density at radius 1 is 1.36 bits per heavy atom. The summed E-state index contributed by atoms with van der Waals surface area (Å²) < 4.78 is 6.80. The van der Waals surface area contributed by atoms with Crippen LogP contribution in [-0.4, -0.2) is 21.7 Å². The van der Waals surface area contributed by atoms with Crippen molar-refractivity contribution in [2.75, 3.05) is 0 Å². The standard InChI is InChI=1S/C16H11ClIN3O4/c1-9(22)20-16(13-8-12(21(23)24)5-6-14(13)17)25-15(19-20)10-3-2-4-11(18)7-10/h2-8,16H,1H3. The monoisotopic (exact) mass is 471 g/mol. The van der Waals surface area contributed by atoms with Crippen molar-refractivity contribution in [3.63, 3.8) is 0 Å². The molecule has 1 heterocycles. The minimum Gasteiger partial charge on any atom is -0.446 e. The third-order valence-electron chi connectivity index (χ3n) is 3.49. The molecule has 3 rings (SSSR count). The van der Waals surface area contributed by atoms with E-state index < -0.39 is 11.2 Å². The number of amides is 1. The van der Waals surface area contributed by atoms with Crippen LogP contribution in [0.25, 0.3) is 0 Å². The summed E-state index contributed by atoms with van der Waals surface area (Å²) in [5.74, 6) is -0.116. The molecule has 9 heteroatoms. The number of hydrogen-bond acceptors (Lipinski definition) is 5. The number of benzene rings is 2. The van der Waals surface area contributed by atoms with E-state index in [1.807, 2.05) is 18.2 Å². The molecule has 0 spiro atoms. The second-order valence-electron chi connectivity index (χ2n) is 5.21. The summed E-state index contributed by atoms with van der Waals surface area (Å²) in [5.41, 5.74) is 0.854. The van der Waals surface area contributed by atoms with Gasteiger partial charge in [-0.05, 0) is 46.9 Å². The van der Waals surface area contributed by atoms with Crippen molar-refractivity contribution >= 4 is 51.7 Å². The molecule has 0 saturated carbocycles. The van der Waals surface area contributed by atoms with Gasteiger partial charge in [-0.1, -0.05) is 17.7 Å². The Morgan fingerprint density at radius 3 is 2.76 bits per heavy atom. The minimum absolute atomic E-state index is 0.144. The smallest absolute Gasteiger partial charge is 0.270 e. The Hall–Kier alpha value is -2.20. The molecule has 0 bridgehead atoms. The molecule has 1 unspecified atom stereocenters. The van der Waals surface area contributed by atoms with E-state index in [1.54, 1.807) is 6.07 Å². The SMILES string of the molecule is CC(=O)N1N=C(c2cccc(I)c2)OC1c1cc([N+](=O)[O-])ccc1Cl. The summed E-state index contributed by atoms with van der Waals surface area (Å²) in [4.78, 5) is 22.5. The Kier molecular flexibility index (Phi) is 4.91. The molecule has 25 heavy (non-hydrogen) atoms. The number of nitrogens with zero attached hydrogens (tertiary/aromatic N) is 3. The predicted octanol–water partition coefficient (Wildman–Crippen LogP) is 4.09. The number of carbonyl (C=O) groups excluding carboxylic acids is 1. The highest BCUT2D eigenvalue weighted by atomic mass is 127. The first kappa shape index (κ1) is 17.6. The van der Waals surface area contributed by atoms with Gasteiger partial charge in [-0.15, -0.1) is 5.10 Å².